The monoisotopic (exact) mass is 352 g/mol. The van der Waals surface area contributed by atoms with E-state index in [1.54, 1.807) is 0 Å². The first kappa shape index (κ1) is 15.9. The summed E-state index contributed by atoms with van der Waals surface area (Å²) in [6.07, 6.45) is 3.56. The molecular weight excluding hydrogens is 332 g/mol. The van der Waals surface area contributed by atoms with E-state index >= 15 is 0 Å². The number of fused-ring (bicyclic) bond motifs is 4. The van der Waals surface area contributed by atoms with E-state index in [1.165, 1.54) is 16.3 Å². The van der Waals surface area contributed by atoms with Crippen molar-refractivity contribution in [1.82, 2.24) is 19.5 Å². The van der Waals surface area contributed by atoms with Crippen molar-refractivity contribution in [1.29, 1.82) is 0 Å². The first-order valence-corrected chi connectivity index (χ1v) is 9.25. The van der Waals surface area contributed by atoms with Gasteiger partial charge in [0.25, 0.3) is 0 Å². The highest BCUT2D eigenvalue weighted by atomic mass is 15.1. The van der Waals surface area contributed by atoms with E-state index in [9.17, 15) is 0 Å². The third-order valence-corrected chi connectivity index (χ3v) is 5.32. The zero-order valence-corrected chi connectivity index (χ0v) is 15.5. The largest absolute Gasteiger partial charge is 0.331 e. The van der Waals surface area contributed by atoms with E-state index < -0.39 is 0 Å². The fourth-order valence-corrected chi connectivity index (χ4v) is 3.77. The standard InChI is InChI=1S/C23H20N4/c1-15-13-14-24-19-10-8-17(25-22(15)19)9-12-21-26-23-18-6-4-3-5-16(18)7-11-20(23)27(21)2/h3-8,10-11,13-14H,9,12H2,1-2H3. The van der Waals surface area contributed by atoms with E-state index in [1.807, 2.05) is 12.3 Å². The second-order valence-electron chi connectivity index (χ2n) is 7.04. The van der Waals surface area contributed by atoms with Gasteiger partial charge in [0.15, 0.2) is 0 Å². The van der Waals surface area contributed by atoms with Crippen molar-refractivity contribution in [2.45, 2.75) is 19.8 Å². The first-order chi connectivity index (χ1) is 13.2. The Morgan fingerprint density at radius 1 is 0.852 bits per heavy atom. The Bertz CT molecular complexity index is 1300. The topological polar surface area (TPSA) is 43.6 Å². The molecule has 0 saturated carbocycles. The summed E-state index contributed by atoms with van der Waals surface area (Å²) in [5.74, 6) is 1.09. The van der Waals surface area contributed by atoms with E-state index in [0.29, 0.717) is 0 Å². The molecule has 3 aromatic heterocycles. The second-order valence-corrected chi connectivity index (χ2v) is 7.04. The van der Waals surface area contributed by atoms with Crippen molar-refractivity contribution in [2.75, 3.05) is 0 Å². The first-order valence-electron chi connectivity index (χ1n) is 9.25. The fraction of sp³-hybridized carbons (Fsp3) is 0.174. The smallest absolute Gasteiger partial charge is 0.110 e. The van der Waals surface area contributed by atoms with Crippen LogP contribution in [-0.4, -0.2) is 19.5 Å². The lowest BCUT2D eigenvalue weighted by molar-refractivity contribution is 0.777. The number of rotatable bonds is 3. The van der Waals surface area contributed by atoms with Crippen LogP contribution in [0, 0.1) is 6.92 Å². The number of hydrogen-bond donors (Lipinski definition) is 0. The quantitative estimate of drug-likeness (QED) is 0.470. The van der Waals surface area contributed by atoms with Crippen LogP contribution in [0.1, 0.15) is 17.1 Å². The minimum Gasteiger partial charge on any atom is -0.331 e. The van der Waals surface area contributed by atoms with Crippen molar-refractivity contribution < 1.29 is 0 Å². The maximum atomic E-state index is 4.96. The molecule has 4 heteroatoms. The predicted molar refractivity (Wildman–Crippen MR) is 110 cm³/mol. The molecule has 27 heavy (non-hydrogen) atoms. The lowest BCUT2D eigenvalue weighted by Crippen LogP contribution is -2.02. The Kier molecular flexibility index (Phi) is 3.64. The molecular formula is C23H20N4. The number of aromatic nitrogens is 4. The summed E-state index contributed by atoms with van der Waals surface area (Å²) in [4.78, 5) is 14.2. The molecule has 0 amide bonds. The van der Waals surface area contributed by atoms with Gasteiger partial charge in [-0.1, -0.05) is 30.3 Å². The molecule has 0 N–H and O–H groups in total. The Labute approximate surface area is 157 Å². The van der Waals surface area contributed by atoms with Gasteiger partial charge in [0.05, 0.1) is 22.1 Å². The van der Waals surface area contributed by atoms with Crippen molar-refractivity contribution in [2.24, 2.45) is 7.05 Å². The molecule has 5 rings (SSSR count). The van der Waals surface area contributed by atoms with Crippen molar-refractivity contribution >= 4 is 32.8 Å². The number of pyridine rings is 2. The van der Waals surface area contributed by atoms with Gasteiger partial charge >= 0.3 is 0 Å². The number of nitrogens with zero attached hydrogens (tertiary/aromatic N) is 4. The molecule has 0 spiro atoms. The molecule has 0 radical (unpaired) electrons. The SMILES string of the molecule is Cc1ccnc2ccc(CCc3nc4c5ccccc5ccc4n3C)nc12. The van der Waals surface area contributed by atoms with Crippen LogP contribution in [0.3, 0.4) is 0 Å². The summed E-state index contributed by atoms with van der Waals surface area (Å²) in [7, 11) is 2.10. The van der Waals surface area contributed by atoms with Gasteiger partial charge in [-0.3, -0.25) is 9.97 Å². The molecule has 0 atom stereocenters. The molecule has 132 valence electrons. The average molecular weight is 352 g/mol. The molecule has 5 aromatic rings. The van der Waals surface area contributed by atoms with E-state index in [-0.39, 0.29) is 0 Å². The summed E-state index contributed by atoms with van der Waals surface area (Å²) in [6, 6.07) is 18.9. The van der Waals surface area contributed by atoms with Crippen LogP contribution >= 0.6 is 0 Å². The molecule has 0 aliphatic heterocycles. The molecule has 0 unspecified atom stereocenters. The molecule has 4 nitrogen and oxygen atoms in total. The number of hydrogen-bond acceptors (Lipinski definition) is 3. The number of benzene rings is 2. The van der Waals surface area contributed by atoms with Gasteiger partial charge < -0.3 is 4.57 Å². The van der Waals surface area contributed by atoms with Crippen molar-refractivity contribution in [3.63, 3.8) is 0 Å². The highest BCUT2D eigenvalue weighted by molar-refractivity contribution is 6.04. The normalized spacial score (nSPS) is 11.6. The van der Waals surface area contributed by atoms with Gasteiger partial charge in [-0.25, -0.2) is 4.98 Å². The summed E-state index contributed by atoms with van der Waals surface area (Å²) in [5.41, 5.74) is 6.44. The van der Waals surface area contributed by atoms with Gasteiger partial charge in [-0.2, -0.15) is 0 Å². The number of aryl methyl sites for hydroxylation is 4. The maximum Gasteiger partial charge on any atom is 0.110 e. The molecule has 0 fully saturated rings. The molecule has 2 aromatic carbocycles. The minimum absolute atomic E-state index is 0.858. The zero-order chi connectivity index (χ0) is 18.4. The van der Waals surface area contributed by atoms with Crippen LogP contribution < -0.4 is 0 Å². The summed E-state index contributed by atoms with van der Waals surface area (Å²) in [5, 5.41) is 2.44. The van der Waals surface area contributed by atoms with Gasteiger partial charge in [0, 0.05) is 30.7 Å². The van der Waals surface area contributed by atoms with Gasteiger partial charge in [0.2, 0.25) is 0 Å². The summed E-state index contributed by atoms with van der Waals surface area (Å²) >= 11 is 0. The Morgan fingerprint density at radius 2 is 1.74 bits per heavy atom. The van der Waals surface area contributed by atoms with E-state index in [4.69, 9.17) is 9.97 Å². The third-order valence-electron chi connectivity index (χ3n) is 5.32. The Balaban J connectivity index is 1.51. The van der Waals surface area contributed by atoms with Crippen LogP contribution in [0.25, 0.3) is 32.8 Å². The Hall–Kier alpha value is -3.27. The van der Waals surface area contributed by atoms with Crippen LogP contribution in [0.5, 0.6) is 0 Å². The Morgan fingerprint density at radius 3 is 2.67 bits per heavy atom. The molecule has 3 heterocycles. The highest BCUT2D eigenvalue weighted by Gasteiger charge is 2.11. The zero-order valence-electron chi connectivity index (χ0n) is 15.5. The summed E-state index contributed by atoms with van der Waals surface area (Å²) in [6.45, 7) is 2.08. The molecule has 0 saturated heterocycles. The van der Waals surface area contributed by atoms with Gasteiger partial charge in [0.1, 0.15) is 5.82 Å². The lowest BCUT2D eigenvalue weighted by atomic mass is 10.1. The van der Waals surface area contributed by atoms with Crippen molar-refractivity contribution in [3.05, 3.63) is 77.9 Å². The van der Waals surface area contributed by atoms with Gasteiger partial charge in [-0.15, -0.1) is 0 Å². The van der Waals surface area contributed by atoms with Crippen LogP contribution in [0.2, 0.25) is 0 Å². The summed E-state index contributed by atoms with van der Waals surface area (Å²) < 4.78 is 2.20. The molecule has 0 bridgehead atoms. The van der Waals surface area contributed by atoms with Crippen LogP contribution in [0.15, 0.2) is 60.8 Å². The van der Waals surface area contributed by atoms with Crippen molar-refractivity contribution in [3.8, 4) is 0 Å². The minimum atomic E-state index is 0.858. The van der Waals surface area contributed by atoms with Crippen LogP contribution in [-0.2, 0) is 19.9 Å². The highest BCUT2D eigenvalue weighted by Crippen LogP contribution is 2.25. The molecule has 0 aliphatic carbocycles. The van der Waals surface area contributed by atoms with E-state index in [2.05, 4.69) is 72.1 Å². The lowest BCUT2D eigenvalue weighted by Gasteiger charge is -2.05. The van der Waals surface area contributed by atoms with Gasteiger partial charge in [-0.05, 0) is 48.6 Å². The predicted octanol–water partition coefficient (Wildman–Crippen LogP) is 4.76. The molecule has 0 aliphatic rings. The maximum absolute atomic E-state index is 4.96. The fourth-order valence-electron chi connectivity index (χ4n) is 3.77. The second kappa shape index (κ2) is 6.16. The number of imidazole rings is 1. The average Bonchev–Trinajstić information content (AvgIpc) is 3.03. The van der Waals surface area contributed by atoms with Crippen LogP contribution in [0.4, 0.5) is 0 Å². The van der Waals surface area contributed by atoms with E-state index in [0.717, 1.165) is 46.5 Å². The third kappa shape index (κ3) is 2.65.